The summed E-state index contributed by atoms with van der Waals surface area (Å²) in [6.07, 6.45) is 2.75. The number of nitrogens with one attached hydrogen (secondary N) is 2. The summed E-state index contributed by atoms with van der Waals surface area (Å²) in [6.45, 7) is 8.32. The summed E-state index contributed by atoms with van der Waals surface area (Å²) in [5.74, 6) is 1.72. The second kappa shape index (κ2) is 3.00. The van der Waals surface area contributed by atoms with E-state index in [0.717, 1.165) is 11.8 Å². The first-order valence-corrected chi connectivity index (χ1v) is 5.15. The van der Waals surface area contributed by atoms with Gasteiger partial charge >= 0.3 is 0 Å². The molecule has 0 aromatic carbocycles. The molecule has 0 aromatic heterocycles. The van der Waals surface area contributed by atoms with Gasteiger partial charge in [0.2, 0.25) is 0 Å². The third-order valence-electron chi connectivity index (χ3n) is 3.47. The summed E-state index contributed by atoms with van der Waals surface area (Å²) >= 11 is 0. The van der Waals surface area contributed by atoms with Gasteiger partial charge in [-0.05, 0) is 51.2 Å². The number of hydrogen-bond acceptors (Lipinski definition) is 2. The fourth-order valence-corrected chi connectivity index (χ4v) is 1.88. The molecule has 12 heavy (non-hydrogen) atoms. The molecule has 2 fully saturated rings. The normalized spacial score (nSPS) is 38.5. The molecule has 1 aliphatic heterocycles. The van der Waals surface area contributed by atoms with Crippen LogP contribution in [-0.2, 0) is 0 Å². The molecule has 70 valence electrons. The van der Waals surface area contributed by atoms with Crippen LogP contribution in [0.25, 0.3) is 0 Å². The third-order valence-corrected chi connectivity index (χ3v) is 3.47. The Kier molecular flexibility index (Phi) is 2.13. The van der Waals surface area contributed by atoms with E-state index in [4.69, 9.17) is 0 Å². The second-order valence-electron chi connectivity index (χ2n) is 4.84. The molecule has 0 bridgehead atoms. The average Bonchev–Trinajstić information content (AvgIpc) is 2.61. The van der Waals surface area contributed by atoms with E-state index in [-0.39, 0.29) is 0 Å². The molecule has 2 aliphatic rings. The van der Waals surface area contributed by atoms with Crippen molar-refractivity contribution in [2.75, 3.05) is 19.6 Å². The molecule has 2 atom stereocenters. The van der Waals surface area contributed by atoms with Crippen LogP contribution in [-0.4, -0.2) is 25.2 Å². The molecule has 2 heteroatoms. The largest absolute Gasteiger partial charge is 0.316 e. The average molecular weight is 168 g/mol. The molecule has 0 spiro atoms. The first-order chi connectivity index (χ1) is 5.70. The molecule has 1 aliphatic carbocycles. The zero-order valence-corrected chi connectivity index (χ0v) is 8.19. The van der Waals surface area contributed by atoms with Crippen LogP contribution < -0.4 is 10.6 Å². The van der Waals surface area contributed by atoms with Gasteiger partial charge in [0.15, 0.2) is 0 Å². The van der Waals surface area contributed by atoms with Crippen molar-refractivity contribution in [2.24, 2.45) is 11.8 Å². The van der Waals surface area contributed by atoms with Crippen molar-refractivity contribution >= 4 is 0 Å². The highest BCUT2D eigenvalue weighted by atomic mass is 15.0. The Morgan fingerprint density at radius 1 is 1.42 bits per heavy atom. The zero-order chi connectivity index (χ0) is 8.60. The monoisotopic (exact) mass is 168 g/mol. The number of hydrogen-bond donors (Lipinski definition) is 2. The smallest absolute Gasteiger partial charge is 0.0154 e. The third kappa shape index (κ3) is 1.80. The molecule has 2 nitrogen and oxygen atoms in total. The highest BCUT2D eigenvalue weighted by molar-refractivity contribution is 4.98. The molecule has 2 N–H and O–H groups in total. The Labute approximate surface area is 75.1 Å². The molecule has 1 saturated heterocycles. The maximum Gasteiger partial charge on any atom is 0.0154 e. The first kappa shape index (κ1) is 8.52. The van der Waals surface area contributed by atoms with E-state index in [1.807, 2.05) is 0 Å². The molecular formula is C10H20N2. The van der Waals surface area contributed by atoms with Crippen molar-refractivity contribution in [3.63, 3.8) is 0 Å². The Bertz CT molecular complexity index is 163. The van der Waals surface area contributed by atoms with Gasteiger partial charge in [0.1, 0.15) is 0 Å². The van der Waals surface area contributed by atoms with Crippen LogP contribution in [0.15, 0.2) is 0 Å². The summed E-state index contributed by atoms with van der Waals surface area (Å²) in [5.41, 5.74) is 0.516. The van der Waals surface area contributed by atoms with Crippen molar-refractivity contribution in [2.45, 2.75) is 32.2 Å². The SMILES string of the molecule is C[C@@H]1CNC[C@H]1CNC1(C)CC1. The zero-order valence-electron chi connectivity index (χ0n) is 8.19. The summed E-state index contributed by atoms with van der Waals surface area (Å²) in [5, 5.41) is 7.10. The van der Waals surface area contributed by atoms with Gasteiger partial charge in [0.25, 0.3) is 0 Å². The second-order valence-corrected chi connectivity index (χ2v) is 4.84. The summed E-state index contributed by atoms with van der Waals surface area (Å²) < 4.78 is 0. The van der Waals surface area contributed by atoms with E-state index in [1.54, 1.807) is 0 Å². The van der Waals surface area contributed by atoms with Gasteiger partial charge in [0.05, 0.1) is 0 Å². The van der Waals surface area contributed by atoms with E-state index in [9.17, 15) is 0 Å². The Morgan fingerprint density at radius 2 is 2.17 bits per heavy atom. The van der Waals surface area contributed by atoms with Gasteiger partial charge in [-0.3, -0.25) is 0 Å². The topological polar surface area (TPSA) is 24.1 Å². The Balaban J connectivity index is 1.72. The van der Waals surface area contributed by atoms with E-state index < -0.39 is 0 Å². The van der Waals surface area contributed by atoms with E-state index >= 15 is 0 Å². The standard InChI is InChI=1S/C10H20N2/c1-8-5-11-6-9(8)7-12-10(2)3-4-10/h8-9,11-12H,3-7H2,1-2H3/t8-,9+/m1/s1. The number of rotatable bonds is 3. The summed E-state index contributed by atoms with van der Waals surface area (Å²) in [7, 11) is 0. The van der Waals surface area contributed by atoms with Crippen LogP contribution in [0.3, 0.4) is 0 Å². The molecule has 1 saturated carbocycles. The lowest BCUT2D eigenvalue weighted by molar-refractivity contribution is 0.389. The maximum absolute atomic E-state index is 3.67. The summed E-state index contributed by atoms with van der Waals surface area (Å²) in [4.78, 5) is 0. The Hall–Kier alpha value is -0.0800. The van der Waals surface area contributed by atoms with Crippen LogP contribution in [0.5, 0.6) is 0 Å². The lowest BCUT2D eigenvalue weighted by Gasteiger charge is -2.18. The van der Waals surface area contributed by atoms with Gasteiger partial charge in [-0.25, -0.2) is 0 Å². The van der Waals surface area contributed by atoms with Gasteiger partial charge < -0.3 is 10.6 Å². The predicted octanol–water partition coefficient (Wildman–Crippen LogP) is 0.984. The van der Waals surface area contributed by atoms with Crippen molar-refractivity contribution in [3.8, 4) is 0 Å². The first-order valence-electron chi connectivity index (χ1n) is 5.15. The molecule has 1 heterocycles. The van der Waals surface area contributed by atoms with E-state index in [1.165, 1.54) is 32.5 Å². The molecule has 0 unspecified atom stereocenters. The summed E-state index contributed by atoms with van der Waals surface area (Å²) in [6, 6.07) is 0. The molecular weight excluding hydrogens is 148 g/mol. The Morgan fingerprint density at radius 3 is 2.67 bits per heavy atom. The van der Waals surface area contributed by atoms with Crippen molar-refractivity contribution in [1.29, 1.82) is 0 Å². The van der Waals surface area contributed by atoms with Crippen LogP contribution in [0, 0.1) is 11.8 Å². The molecule has 0 radical (unpaired) electrons. The van der Waals surface area contributed by atoms with E-state index in [2.05, 4.69) is 24.5 Å². The quantitative estimate of drug-likeness (QED) is 0.656. The van der Waals surface area contributed by atoms with Crippen molar-refractivity contribution in [3.05, 3.63) is 0 Å². The minimum absolute atomic E-state index is 0.516. The van der Waals surface area contributed by atoms with Gasteiger partial charge in [-0.2, -0.15) is 0 Å². The van der Waals surface area contributed by atoms with Crippen molar-refractivity contribution in [1.82, 2.24) is 10.6 Å². The van der Waals surface area contributed by atoms with E-state index in [0.29, 0.717) is 5.54 Å². The van der Waals surface area contributed by atoms with Crippen LogP contribution in [0.1, 0.15) is 26.7 Å². The van der Waals surface area contributed by atoms with Crippen molar-refractivity contribution < 1.29 is 0 Å². The molecule has 0 amide bonds. The lowest BCUT2D eigenvalue weighted by atomic mass is 9.98. The highest BCUT2D eigenvalue weighted by Gasteiger charge is 2.37. The minimum Gasteiger partial charge on any atom is -0.316 e. The van der Waals surface area contributed by atoms with Crippen LogP contribution >= 0.6 is 0 Å². The van der Waals surface area contributed by atoms with Gasteiger partial charge in [-0.1, -0.05) is 6.92 Å². The molecule has 0 aromatic rings. The molecule has 2 rings (SSSR count). The lowest BCUT2D eigenvalue weighted by Crippen LogP contribution is -2.35. The predicted molar refractivity (Wildman–Crippen MR) is 51.2 cm³/mol. The van der Waals surface area contributed by atoms with Crippen LogP contribution in [0.4, 0.5) is 0 Å². The highest BCUT2D eigenvalue weighted by Crippen LogP contribution is 2.34. The fraction of sp³-hybridized carbons (Fsp3) is 1.00. The fourth-order valence-electron chi connectivity index (χ4n) is 1.88. The van der Waals surface area contributed by atoms with Gasteiger partial charge in [-0.15, -0.1) is 0 Å². The van der Waals surface area contributed by atoms with Gasteiger partial charge in [0, 0.05) is 5.54 Å². The van der Waals surface area contributed by atoms with Crippen LogP contribution in [0.2, 0.25) is 0 Å². The minimum atomic E-state index is 0.516. The maximum atomic E-state index is 3.67.